The molecule has 0 saturated heterocycles. The van der Waals surface area contributed by atoms with Crippen LogP contribution in [0.3, 0.4) is 0 Å². The summed E-state index contributed by atoms with van der Waals surface area (Å²) in [7, 11) is 0. The fourth-order valence-electron chi connectivity index (χ4n) is 2.35. The number of halogens is 4. The van der Waals surface area contributed by atoms with Gasteiger partial charge >= 0.3 is 12.1 Å². The van der Waals surface area contributed by atoms with Gasteiger partial charge in [0.2, 0.25) is 0 Å². The van der Waals surface area contributed by atoms with Gasteiger partial charge in [0.25, 0.3) is 0 Å². The van der Waals surface area contributed by atoms with Crippen LogP contribution in [0, 0.1) is 5.82 Å². The second-order valence-corrected chi connectivity index (χ2v) is 5.18. The van der Waals surface area contributed by atoms with Gasteiger partial charge in [0.15, 0.2) is 6.61 Å². The van der Waals surface area contributed by atoms with E-state index in [1.807, 2.05) is 0 Å². The minimum Gasteiger partial charge on any atom is -0.484 e. The van der Waals surface area contributed by atoms with Gasteiger partial charge in [0, 0.05) is 10.9 Å². The second kappa shape index (κ2) is 6.12. The number of ether oxygens (including phenoxy) is 1. The van der Waals surface area contributed by atoms with Crippen molar-refractivity contribution in [1.82, 2.24) is 0 Å². The summed E-state index contributed by atoms with van der Waals surface area (Å²) >= 11 is 0. The van der Waals surface area contributed by atoms with Crippen molar-refractivity contribution in [3.05, 3.63) is 53.8 Å². The van der Waals surface area contributed by atoms with Crippen LogP contribution >= 0.6 is 0 Å². The van der Waals surface area contributed by atoms with Crippen LogP contribution < -0.4 is 4.74 Å². The van der Waals surface area contributed by atoms with E-state index in [1.54, 1.807) is 0 Å². The van der Waals surface area contributed by atoms with Crippen LogP contribution in [0.5, 0.6) is 5.75 Å². The molecule has 1 N–H and O–H groups in total. The summed E-state index contributed by atoms with van der Waals surface area (Å²) in [5.41, 5.74) is 0.253. The Morgan fingerprint density at radius 2 is 1.80 bits per heavy atom. The molecule has 25 heavy (non-hydrogen) atoms. The van der Waals surface area contributed by atoms with E-state index in [9.17, 15) is 27.5 Å². The smallest absolute Gasteiger partial charge is 0.422 e. The number of alkyl halides is 3. The molecule has 0 atom stereocenters. The Hall–Kier alpha value is -3.03. The molecule has 4 nitrogen and oxygen atoms in total. The average Bonchev–Trinajstić information content (AvgIpc) is 2.91. The van der Waals surface area contributed by atoms with E-state index in [0.29, 0.717) is 5.56 Å². The molecule has 0 spiro atoms. The SMILES string of the molecule is O=C(O)c1c(-c2ccc(F)cc2)oc2ccc(OCC(F)(F)F)cc12. The molecule has 0 fully saturated rings. The molecule has 0 amide bonds. The molecule has 0 bridgehead atoms. The van der Waals surface area contributed by atoms with E-state index in [-0.39, 0.29) is 28.0 Å². The van der Waals surface area contributed by atoms with Crippen LogP contribution in [-0.2, 0) is 0 Å². The van der Waals surface area contributed by atoms with Gasteiger partial charge < -0.3 is 14.3 Å². The Bertz CT molecular complexity index is 926. The van der Waals surface area contributed by atoms with Gasteiger partial charge in [-0.05, 0) is 42.5 Å². The minimum atomic E-state index is -4.51. The first-order valence-electron chi connectivity index (χ1n) is 7.00. The summed E-state index contributed by atoms with van der Waals surface area (Å²) in [4.78, 5) is 11.6. The van der Waals surface area contributed by atoms with Crippen LogP contribution in [0.4, 0.5) is 17.6 Å². The minimum absolute atomic E-state index is 0.0181. The van der Waals surface area contributed by atoms with Crippen LogP contribution in [0.2, 0.25) is 0 Å². The third-order valence-electron chi connectivity index (χ3n) is 3.38. The number of hydrogen-bond donors (Lipinski definition) is 1. The summed E-state index contributed by atoms with van der Waals surface area (Å²) in [5.74, 6) is -1.99. The third kappa shape index (κ3) is 3.57. The Kier molecular flexibility index (Phi) is 4.12. The largest absolute Gasteiger partial charge is 0.484 e. The maximum atomic E-state index is 13.0. The van der Waals surface area contributed by atoms with Gasteiger partial charge in [-0.3, -0.25) is 0 Å². The molecule has 3 aromatic rings. The molecule has 0 aliphatic rings. The van der Waals surface area contributed by atoms with Crippen molar-refractivity contribution in [2.24, 2.45) is 0 Å². The molecule has 0 radical (unpaired) electrons. The number of benzene rings is 2. The third-order valence-corrected chi connectivity index (χ3v) is 3.38. The monoisotopic (exact) mass is 354 g/mol. The highest BCUT2D eigenvalue weighted by molar-refractivity contribution is 6.08. The standard InChI is InChI=1S/C17H10F4O4/c18-10-3-1-9(2-4-10)15-14(16(22)23)12-7-11(5-6-13(12)25-15)24-8-17(19,20)21/h1-7H,8H2,(H,22,23). The highest BCUT2D eigenvalue weighted by Gasteiger charge is 2.29. The topological polar surface area (TPSA) is 59.7 Å². The number of furan rings is 1. The Balaban J connectivity index is 2.08. The van der Waals surface area contributed by atoms with Crippen molar-refractivity contribution < 1.29 is 36.6 Å². The second-order valence-electron chi connectivity index (χ2n) is 5.18. The normalized spacial score (nSPS) is 11.7. The van der Waals surface area contributed by atoms with Crippen molar-refractivity contribution in [3.63, 3.8) is 0 Å². The number of rotatable bonds is 4. The van der Waals surface area contributed by atoms with Gasteiger partial charge in [-0.2, -0.15) is 13.2 Å². The zero-order valence-electron chi connectivity index (χ0n) is 12.4. The average molecular weight is 354 g/mol. The quantitative estimate of drug-likeness (QED) is 0.679. The maximum Gasteiger partial charge on any atom is 0.422 e. The van der Waals surface area contributed by atoms with Crippen LogP contribution in [0.1, 0.15) is 10.4 Å². The molecule has 0 aliphatic heterocycles. The molecule has 2 aromatic carbocycles. The van der Waals surface area contributed by atoms with Crippen molar-refractivity contribution in [2.45, 2.75) is 6.18 Å². The van der Waals surface area contributed by atoms with Crippen molar-refractivity contribution in [1.29, 1.82) is 0 Å². The number of hydrogen-bond acceptors (Lipinski definition) is 3. The lowest BCUT2D eigenvalue weighted by Crippen LogP contribution is -2.19. The van der Waals surface area contributed by atoms with Crippen LogP contribution in [0.25, 0.3) is 22.3 Å². The Morgan fingerprint density at radius 1 is 1.12 bits per heavy atom. The molecule has 3 rings (SSSR count). The summed E-state index contributed by atoms with van der Waals surface area (Å²) in [6.45, 7) is -1.50. The van der Waals surface area contributed by atoms with E-state index in [4.69, 9.17) is 4.42 Å². The van der Waals surface area contributed by atoms with E-state index in [2.05, 4.69) is 4.74 Å². The molecule has 0 unspecified atom stereocenters. The maximum absolute atomic E-state index is 13.0. The first kappa shape index (κ1) is 16.8. The van der Waals surface area contributed by atoms with Crippen LogP contribution in [-0.4, -0.2) is 23.9 Å². The van der Waals surface area contributed by atoms with Crippen molar-refractivity contribution >= 4 is 16.9 Å². The molecule has 1 heterocycles. The van der Waals surface area contributed by atoms with E-state index in [0.717, 1.165) is 12.1 Å². The number of carboxylic acids is 1. The summed E-state index contributed by atoms with van der Waals surface area (Å²) < 4.78 is 59.9. The lowest BCUT2D eigenvalue weighted by atomic mass is 10.1. The van der Waals surface area contributed by atoms with Gasteiger partial charge in [0.1, 0.15) is 28.5 Å². The molecule has 8 heteroatoms. The highest BCUT2D eigenvalue weighted by Crippen LogP contribution is 2.35. The zero-order valence-corrected chi connectivity index (χ0v) is 12.4. The van der Waals surface area contributed by atoms with Crippen LogP contribution in [0.15, 0.2) is 46.9 Å². The van der Waals surface area contributed by atoms with E-state index in [1.165, 1.54) is 30.3 Å². The zero-order chi connectivity index (χ0) is 18.2. The van der Waals surface area contributed by atoms with E-state index < -0.39 is 24.6 Å². The molecule has 130 valence electrons. The van der Waals surface area contributed by atoms with Gasteiger partial charge in [-0.25, -0.2) is 9.18 Å². The molecular formula is C17H10F4O4. The molecular weight excluding hydrogens is 344 g/mol. The van der Waals surface area contributed by atoms with Crippen molar-refractivity contribution in [2.75, 3.05) is 6.61 Å². The fraction of sp³-hybridized carbons (Fsp3) is 0.118. The number of carbonyl (C=O) groups is 1. The lowest BCUT2D eigenvalue weighted by molar-refractivity contribution is -0.153. The fourth-order valence-corrected chi connectivity index (χ4v) is 2.35. The van der Waals surface area contributed by atoms with Gasteiger partial charge in [-0.15, -0.1) is 0 Å². The number of aromatic carboxylic acids is 1. The van der Waals surface area contributed by atoms with Gasteiger partial charge in [0.05, 0.1) is 0 Å². The summed E-state index contributed by atoms with van der Waals surface area (Å²) in [6.07, 6.45) is -4.51. The lowest BCUT2D eigenvalue weighted by Gasteiger charge is -2.08. The van der Waals surface area contributed by atoms with Gasteiger partial charge in [-0.1, -0.05) is 0 Å². The predicted molar refractivity (Wildman–Crippen MR) is 80.1 cm³/mol. The molecule has 0 aliphatic carbocycles. The molecule has 0 saturated carbocycles. The Labute approximate surface area is 138 Å². The first-order valence-corrected chi connectivity index (χ1v) is 7.00. The first-order chi connectivity index (χ1) is 11.7. The number of carboxylic acid groups (broad SMARTS) is 1. The van der Waals surface area contributed by atoms with E-state index >= 15 is 0 Å². The van der Waals surface area contributed by atoms with Crippen molar-refractivity contribution in [3.8, 4) is 17.1 Å². The summed E-state index contributed by atoms with van der Waals surface area (Å²) in [6, 6.07) is 8.72. The Morgan fingerprint density at radius 3 is 2.40 bits per heavy atom. The highest BCUT2D eigenvalue weighted by atomic mass is 19.4. The predicted octanol–water partition coefficient (Wildman–Crippen LogP) is 4.88. The number of fused-ring (bicyclic) bond motifs is 1. The summed E-state index contributed by atoms with van der Waals surface area (Å²) in [5, 5.41) is 9.55. The molecule has 1 aromatic heterocycles.